The second-order valence-corrected chi connectivity index (χ2v) is 4.94. The lowest BCUT2D eigenvalue weighted by molar-refractivity contribution is -0.146. The van der Waals surface area contributed by atoms with Gasteiger partial charge >= 0.3 is 5.97 Å². The molecule has 1 aromatic carbocycles. The number of rotatable bonds is 4. The molecule has 0 heterocycles. The van der Waals surface area contributed by atoms with Crippen molar-refractivity contribution in [1.29, 1.82) is 0 Å². The third-order valence-corrected chi connectivity index (χ3v) is 3.48. The highest BCUT2D eigenvalue weighted by molar-refractivity contribution is 5.80. The quantitative estimate of drug-likeness (QED) is 0.812. The summed E-state index contributed by atoms with van der Waals surface area (Å²) in [6.45, 7) is 4.81. The molecule has 0 aromatic heterocycles. The summed E-state index contributed by atoms with van der Waals surface area (Å²) in [5.41, 5.74) is 3.27. The van der Waals surface area contributed by atoms with Gasteiger partial charge in [0.2, 0.25) is 0 Å². The summed E-state index contributed by atoms with van der Waals surface area (Å²) in [6.07, 6.45) is 1.86. The van der Waals surface area contributed by atoms with Crippen molar-refractivity contribution in [3.8, 4) is 0 Å². The van der Waals surface area contributed by atoms with E-state index in [1.807, 2.05) is 0 Å². The SMILES string of the molecule is COC(=O)C1(CNc2cc(C)ccc2C)CC1. The molecule has 92 valence electrons. The zero-order chi connectivity index (χ0) is 12.5. The molecule has 2 rings (SSSR count). The average Bonchev–Trinajstić information content (AvgIpc) is 3.10. The van der Waals surface area contributed by atoms with Crippen molar-refractivity contribution in [3.05, 3.63) is 29.3 Å². The number of hydrogen-bond acceptors (Lipinski definition) is 3. The Kier molecular flexibility index (Phi) is 3.09. The molecular weight excluding hydrogens is 214 g/mol. The van der Waals surface area contributed by atoms with Gasteiger partial charge in [0.15, 0.2) is 0 Å². The Morgan fingerprint density at radius 3 is 2.71 bits per heavy atom. The molecule has 0 amide bonds. The van der Waals surface area contributed by atoms with E-state index in [0.717, 1.165) is 18.5 Å². The minimum absolute atomic E-state index is 0.0877. The van der Waals surface area contributed by atoms with Crippen LogP contribution >= 0.6 is 0 Å². The number of carbonyl (C=O) groups excluding carboxylic acids is 1. The van der Waals surface area contributed by atoms with Crippen LogP contribution in [-0.2, 0) is 9.53 Å². The molecule has 1 saturated carbocycles. The highest BCUT2D eigenvalue weighted by atomic mass is 16.5. The van der Waals surface area contributed by atoms with E-state index in [-0.39, 0.29) is 11.4 Å². The Bertz CT molecular complexity index is 436. The van der Waals surface area contributed by atoms with Crippen LogP contribution in [-0.4, -0.2) is 19.6 Å². The lowest BCUT2D eigenvalue weighted by Crippen LogP contribution is -2.26. The largest absolute Gasteiger partial charge is 0.469 e. The average molecular weight is 233 g/mol. The number of ether oxygens (including phenoxy) is 1. The first-order chi connectivity index (χ1) is 8.07. The number of esters is 1. The summed E-state index contributed by atoms with van der Waals surface area (Å²) in [4.78, 5) is 11.6. The fourth-order valence-corrected chi connectivity index (χ4v) is 2.01. The first kappa shape index (κ1) is 12.0. The summed E-state index contributed by atoms with van der Waals surface area (Å²) in [6, 6.07) is 6.30. The first-order valence-electron chi connectivity index (χ1n) is 5.97. The molecule has 1 N–H and O–H groups in total. The molecule has 0 saturated heterocycles. The zero-order valence-corrected chi connectivity index (χ0v) is 10.7. The monoisotopic (exact) mass is 233 g/mol. The number of carbonyl (C=O) groups is 1. The number of benzene rings is 1. The minimum Gasteiger partial charge on any atom is -0.469 e. The van der Waals surface area contributed by atoms with Crippen molar-refractivity contribution in [1.82, 2.24) is 0 Å². The topological polar surface area (TPSA) is 38.3 Å². The molecule has 0 spiro atoms. The maximum absolute atomic E-state index is 11.6. The Labute approximate surface area is 102 Å². The fourth-order valence-electron chi connectivity index (χ4n) is 2.01. The second-order valence-electron chi connectivity index (χ2n) is 4.94. The third kappa shape index (κ3) is 2.43. The van der Waals surface area contributed by atoms with E-state index >= 15 is 0 Å². The van der Waals surface area contributed by atoms with Crippen LogP contribution in [0.3, 0.4) is 0 Å². The standard InChI is InChI=1S/C14H19NO2/c1-10-4-5-11(2)12(8-10)15-9-14(6-7-14)13(16)17-3/h4-5,8,15H,6-7,9H2,1-3H3. The summed E-state index contributed by atoms with van der Waals surface area (Å²) in [5.74, 6) is -0.0877. The van der Waals surface area contributed by atoms with E-state index < -0.39 is 0 Å². The van der Waals surface area contributed by atoms with Gasteiger partial charge in [0.1, 0.15) is 0 Å². The van der Waals surface area contributed by atoms with Gasteiger partial charge in [0.05, 0.1) is 12.5 Å². The molecule has 1 aliphatic carbocycles. The summed E-state index contributed by atoms with van der Waals surface area (Å²) < 4.78 is 4.84. The van der Waals surface area contributed by atoms with E-state index in [2.05, 4.69) is 37.4 Å². The van der Waals surface area contributed by atoms with Gasteiger partial charge in [0, 0.05) is 12.2 Å². The van der Waals surface area contributed by atoms with E-state index in [9.17, 15) is 4.79 Å². The first-order valence-corrected chi connectivity index (χ1v) is 5.97. The Balaban J connectivity index is 2.03. The van der Waals surface area contributed by atoms with Crippen molar-refractivity contribution < 1.29 is 9.53 Å². The molecule has 1 aromatic rings. The lowest BCUT2D eigenvalue weighted by atomic mass is 10.1. The molecule has 0 bridgehead atoms. The van der Waals surface area contributed by atoms with Gasteiger partial charge in [0.25, 0.3) is 0 Å². The summed E-state index contributed by atoms with van der Waals surface area (Å²) in [5, 5.41) is 3.37. The van der Waals surface area contributed by atoms with Crippen molar-refractivity contribution >= 4 is 11.7 Å². The summed E-state index contributed by atoms with van der Waals surface area (Å²) >= 11 is 0. The Morgan fingerprint density at radius 1 is 1.41 bits per heavy atom. The van der Waals surface area contributed by atoms with Crippen LogP contribution in [0.5, 0.6) is 0 Å². The Hall–Kier alpha value is -1.51. The number of hydrogen-bond donors (Lipinski definition) is 1. The molecule has 0 atom stereocenters. The van der Waals surface area contributed by atoms with Gasteiger partial charge in [-0.2, -0.15) is 0 Å². The van der Waals surface area contributed by atoms with Gasteiger partial charge < -0.3 is 10.1 Å². The molecule has 0 unspecified atom stereocenters. The highest BCUT2D eigenvalue weighted by Crippen LogP contribution is 2.46. The maximum Gasteiger partial charge on any atom is 0.313 e. The molecule has 3 heteroatoms. The van der Waals surface area contributed by atoms with Crippen LogP contribution in [0.15, 0.2) is 18.2 Å². The van der Waals surface area contributed by atoms with Gasteiger partial charge in [-0.1, -0.05) is 12.1 Å². The van der Waals surface area contributed by atoms with Crippen molar-refractivity contribution in [2.75, 3.05) is 19.0 Å². The summed E-state index contributed by atoms with van der Waals surface area (Å²) in [7, 11) is 1.46. The molecular formula is C14H19NO2. The fraction of sp³-hybridized carbons (Fsp3) is 0.500. The zero-order valence-electron chi connectivity index (χ0n) is 10.7. The van der Waals surface area contributed by atoms with E-state index in [0.29, 0.717) is 6.54 Å². The predicted molar refractivity (Wildman–Crippen MR) is 68.1 cm³/mol. The van der Waals surface area contributed by atoms with E-state index in [1.165, 1.54) is 18.2 Å². The van der Waals surface area contributed by atoms with Gasteiger partial charge in [-0.25, -0.2) is 0 Å². The molecule has 1 aliphatic rings. The van der Waals surface area contributed by atoms with Crippen molar-refractivity contribution in [3.63, 3.8) is 0 Å². The normalized spacial score (nSPS) is 16.4. The number of methoxy groups -OCH3 is 1. The smallest absolute Gasteiger partial charge is 0.313 e. The van der Waals surface area contributed by atoms with Gasteiger partial charge in [-0.3, -0.25) is 4.79 Å². The molecule has 1 fully saturated rings. The van der Waals surface area contributed by atoms with Gasteiger partial charge in [-0.05, 0) is 43.9 Å². The molecule has 0 radical (unpaired) electrons. The molecule has 0 aliphatic heterocycles. The van der Waals surface area contributed by atoms with Gasteiger partial charge in [-0.15, -0.1) is 0 Å². The number of aryl methyl sites for hydroxylation is 2. The Morgan fingerprint density at radius 2 is 2.12 bits per heavy atom. The maximum atomic E-state index is 11.6. The predicted octanol–water partition coefficient (Wildman–Crippen LogP) is 2.67. The van der Waals surface area contributed by atoms with E-state index in [4.69, 9.17) is 4.74 Å². The van der Waals surface area contributed by atoms with Crippen molar-refractivity contribution in [2.45, 2.75) is 26.7 Å². The molecule has 17 heavy (non-hydrogen) atoms. The van der Waals surface area contributed by atoms with Crippen molar-refractivity contribution in [2.24, 2.45) is 5.41 Å². The van der Waals surface area contributed by atoms with Crippen LogP contribution in [0.2, 0.25) is 0 Å². The highest BCUT2D eigenvalue weighted by Gasteiger charge is 2.50. The minimum atomic E-state index is -0.273. The van der Waals surface area contributed by atoms with Crippen LogP contribution in [0, 0.1) is 19.3 Å². The second kappa shape index (κ2) is 4.40. The number of anilines is 1. The molecule has 3 nitrogen and oxygen atoms in total. The third-order valence-electron chi connectivity index (χ3n) is 3.48. The van der Waals surface area contributed by atoms with Crippen LogP contribution < -0.4 is 5.32 Å². The van der Waals surface area contributed by atoms with E-state index in [1.54, 1.807) is 0 Å². The van der Waals surface area contributed by atoms with Crippen LogP contribution in [0.4, 0.5) is 5.69 Å². The number of nitrogens with one attached hydrogen (secondary N) is 1. The lowest BCUT2D eigenvalue weighted by Gasteiger charge is -2.16. The van der Waals surface area contributed by atoms with Crippen LogP contribution in [0.1, 0.15) is 24.0 Å². The van der Waals surface area contributed by atoms with Crippen LogP contribution in [0.25, 0.3) is 0 Å².